The van der Waals surface area contributed by atoms with Gasteiger partial charge in [0.15, 0.2) is 11.5 Å². The molecule has 3 aromatic heterocycles. The Morgan fingerprint density at radius 3 is 2.47 bits per heavy atom. The van der Waals surface area contributed by atoms with Crippen molar-refractivity contribution in [1.82, 2.24) is 24.4 Å². The van der Waals surface area contributed by atoms with Crippen LogP contribution in [0.2, 0.25) is 0 Å². The summed E-state index contributed by atoms with van der Waals surface area (Å²) in [4.78, 5) is 42.1. The average molecular weight is 629 g/mol. The fourth-order valence-electron chi connectivity index (χ4n) is 5.63. The molecule has 0 radical (unpaired) electrons. The Kier molecular flexibility index (Phi) is 8.10. The predicted molar refractivity (Wildman–Crippen MR) is 157 cm³/mol. The summed E-state index contributed by atoms with van der Waals surface area (Å²) >= 11 is 0. The van der Waals surface area contributed by atoms with Crippen LogP contribution in [0.3, 0.4) is 0 Å². The SMILES string of the molecule is C=CC(=O)N1C[C@H](C)N(c2nc(=O)n(-c3c(C)ccnc3[C@H](C)C(F)(F)F)c3nc(-c4c(O)cccc4F)c(F)cc23)C[C@H]1C. The number of hydrogen-bond donors (Lipinski definition) is 1. The zero-order chi connectivity index (χ0) is 33.0. The van der Waals surface area contributed by atoms with Crippen LogP contribution >= 0.6 is 0 Å². The van der Waals surface area contributed by atoms with Crippen LogP contribution < -0.4 is 10.6 Å². The van der Waals surface area contributed by atoms with Gasteiger partial charge >= 0.3 is 11.9 Å². The molecule has 0 unspecified atom stereocenters. The van der Waals surface area contributed by atoms with E-state index in [0.717, 1.165) is 29.7 Å². The van der Waals surface area contributed by atoms with Crippen molar-refractivity contribution in [3.63, 3.8) is 0 Å². The van der Waals surface area contributed by atoms with E-state index < -0.39 is 64.2 Å². The predicted octanol–water partition coefficient (Wildman–Crippen LogP) is 5.41. The van der Waals surface area contributed by atoms with Crippen LogP contribution in [0.15, 0.2) is 54.0 Å². The number of fused-ring (bicyclic) bond motifs is 1. The molecular weight excluding hydrogens is 599 g/mol. The summed E-state index contributed by atoms with van der Waals surface area (Å²) in [6.45, 7) is 9.78. The number of phenols is 1. The largest absolute Gasteiger partial charge is 0.507 e. The highest BCUT2D eigenvalue weighted by molar-refractivity contribution is 5.91. The summed E-state index contributed by atoms with van der Waals surface area (Å²) in [5.74, 6) is -5.19. The first-order chi connectivity index (χ1) is 21.1. The van der Waals surface area contributed by atoms with E-state index >= 15 is 4.39 Å². The number of aryl methyl sites for hydroxylation is 1. The van der Waals surface area contributed by atoms with E-state index in [-0.39, 0.29) is 47.1 Å². The minimum Gasteiger partial charge on any atom is -0.507 e. The topological polar surface area (TPSA) is 104 Å². The molecule has 1 aliphatic rings. The molecule has 14 heteroatoms. The summed E-state index contributed by atoms with van der Waals surface area (Å²) in [5.41, 5.74) is -3.19. The number of pyridine rings is 2. The van der Waals surface area contributed by atoms with E-state index in [1.54, 1.807) is 23.6 Å². The lowest BCUT2D eigenvalue weighted by atomic mass is 10.0. The second kappa shape index (κ2) is 11.6. The maximum atomic E-state index is 15.9. The smallest absolute Gasteiger partial charge is 0.397 e. The number of phenolic OH excluding ortho intramolecular Hbond substituents is 1. The number of alkyl halides is 3. The lowest BCUT2D eigenvalue weighted by molar-refractivity contribution is -0.147. The van der Waals surface area contributed by atoms with E-state index in [2.05, 4.69) is 21.5 Å². The summed E-state index contributed by atoms with van der Waals surface area (Å²) < 4.78 is 73.6. The highest BCUT2D eigenvalue weighted by Crippen LogP contribution is 2.39. The second-order valence-electron chi connectivity index (χ2n) is 11.0. The fraction of sp³-hybridized carbons (Fsp3) is 0.323. The van der Waals surface area contributed by atoms with Gasteiger partial charge in [0, 0.05) is 31.4 Å². The van der Waals surface area contributed by atoms with E-state index in [1.165, 1.54) is 31.3 Å². The van der Waals surface area contributed by atoms with E-state index in [1.807, 2.05) is 0 Å². The van der Waals surface area contributed by atoms with Gasteiger partial charge in [0.2, 0.25) is 5.91 Å². The van der Waals surface area contributed by atoms with Gasteiger partial charge in [-0.05, 0) is 63.6 Å². The standard InChI is InChI=1S/C31H29F5N6O3/c1-6-23(44)40-13-17(4)41(14-16(40)3)28-19-12-21(33)26(24-20(32)8-7-9-22(24)43)38-29(19)42(30(45)39-28)27-15(2)10-11-37-25(27)18(5)31(34,35)36/h6-12,16-18,43H,1,13-14H2,2-5H3/t16-,17+,18+/m1/s1. The van der Waals surface area contributed by atoms with Crippen molar-refractivity contribution in [3.05, 3.63) is 82.6 Å². The summed E-state index contributed by atoms with van der Waals surface area (Å²) in [6, 6.07) is 4.82. The molecule has 1 fully saturated rings. The molecule has 1 saturated heterocycles. The van der Waals surface area contributed by atoms with Gasteiger partial charge in [-0.3, -0.25) is 9.78 Å². The van der Waals surface area contributed by atoms with E-state index in [0.29, 0.717) is 0 Å². The van der Waals surface area contributed by atoms with Crippen molar-refractivity contribution in [3.8, 4) is 22.7 Å². The fourth-order valence-corrected chi connectivity index (χ4v) is 5.63. The molecular formula is C31H29F5N6O3. The third-order valence-electron chi connectivity index (χ3n) is 8.02. The molecule has 4 aromatic rings. The van der Waals surface area contributed by atoms with Gasteiger partial charge in [-0.15, -0.1) is 0 Å². The zero-order valence-corrected chi connectivity index (χ0v) is 24.7. The third-order valence-corrected chi connectivity index (χ3v) is 8.02. The molecule has 1 aromatic carbocycles. The van der Waals surface area contributed by atoms with Crippen molar-refractivity contribution in [2.45, 2.75) is 51.9 Å². The highest BCUT2D eigenvalue weighted by Gasteiger charge is 2.41. The van der Waals surface area contributed by atoms with Gasteiger partial charge in [0.25, 0.3) is 0 Å². The maximum Gasteiger partial charge on any atom is 0.397 e. The Morgan fingerprint density at radius 2 is 1.82 bits per heavy atom. The van der Waals surface area contributed by atoms with Crippen molar-refractivity contribution in [2.24, 2.45) is 0 Å². The molecule has 4 heterocycles. The number of benzene rings is 1. The lowest BCUT2D eigenvalue weighted by Crippen LogP contribution is -2.58. The van der Waals surface area contributed by atoms with Crippen LogP contribution in [0.5, 0.6) is 5.75 Å². The van der Waals surface area contributed by atoms with Crippen LogP contribution in [-0.2, 0) is 4.79 Å². The molecule has 236 valence electrons. The molecule has 1 amide bonds. The van der Waals surface area contributed by atoms with Gasteiger partial charge in [-0.25, -0.2) is 23.1 Å². The Morgan fingerprint density at radius 1 is 1.11 bits per heavy atom. The Balaban J connectivity index is 1.86. The molecule has 0 aliphatic carbocycles. The summed E-state index contributed by atoms with van der Waals surface area (Å²) in [7, 11) is 0. The molecule has 0 saturated carbocycles. The monoisotopic (exact) mass is 628 g/mol. The first-order valence-corrected chi connectivity index (χ1v) is 14.0. The van der Waals surface area contributed by atoms with Gasteiger partial charge in [-0.2, -0.15) is 18.2 Å². The normalized spacial score (nSPS) is 17.9. The maximum absolute atomic E-state index is 15.9. The molecule has 45 heavy (non-hydrogen) atoms. The average Bonchev–Trinajstić information content (AvgIpc) is 2.97. The van der Waals surface area contributed by atoms with Gasteiger partial charge in [0.05, 0.1) is 28.2 Å². The lowest BCUT2D eigenvalue weighted by Gasteiger charge is -2.44. The van der Waals surface area contributed by atoms with Crippen LogP contribution in [0, 0.1) is 18.6 Å². The van der Waals surface area contributed by atoms with Gasteiger partial charge in [-0.1, -0.05) is 12.6 Å². The van der Waals surface area contributed by atoms with E-state index in [9.17, 15) is 32.3 Å². The third kappa shape index (κ3) is 5.49. The van der Waals surface area contributed by atoms with Crippen molar-refractivity contribution >= 4 is 22.8 Å². The molecule has 1 aliphatic heterocycles. The number of aromatic nitrogens is 4. The number of piperazine rings is 1. The number of rotatable bonds is 5. The molecule has 9 nitrogen and oxygen atoms in total. The number of hydrogen-bond acceptors (Lipinski definition) is 7. The summed E-state index contributed by atoms with van der Waals surface area (Å²) in [6.07, 6.45) is -2.38. The van der Waals surface area contributed by atoms with Crippen molar-refractivity contribution in [2.75, 3.05) is 18.0 Å². The van der Waals surface area contributed by atoms with Crippen LogP contribution in [0.1, 0.15) is 37.9 Å². The summed E-state index contributed by atoms with van der Waals surface area (Å²) in [5, 5.41) is 10.4. The van der Waals surface area contributed by atoms with Crippen molar-refractivity contribution in [1.29, 1.82) is 0 Å². The number of halogens is 5. The Labute approximate surface area is 254 Å². The van der Waals surface area contributed by atoms with Crippen LogP contribution in [-0.4, -0.2) is 66.8 Å². The number of carbonyl (C=O) groups is 1. The Bertz CT molecular complexity index is 1870. The minimum atomic E-state index is -4.74. The molecule has 0 bridgehead atoms. The number of nitrogens with zero attached hydrogens (tertiary/aromatic N) is 6. The van der Waals surface area contributed by atoms with Crippen molar-refractivity contribution < 1.29 is 31.9 Å². The highest BCUT2D eigenvalue weighted by atomic mass is 19.4. The van der Waals surface area contributed by atoms with Crippen LogP contribution in [0.25, 0.3) is 28.0 Å². The van der Waals surface area contributed by atoms with Gasteiger partial charge < -0.3 is 14.9 Å². The minimum absolute atomic E-state index is 0.0287. The Hall–Kier alpha value is -4.88. The zero-order valence-electron chi connectivity index (χ0n) is 24.7. The number of aromatic hydroxyl groups is 1. The molecule has 5 rings (SSSR count). The number of carbonyl (C=O) groups excluding carboxylic acids is 1. The first-order valence-electron chi connectivity index (χ1n) is 14.0. The van der Waals surface area contributed by atoms with Gasteiger partial charge in [0.1, 0.15) is 23.1 Å². The van der Waals surface area contributed by atoms with Crippen LogP contribution in [0.4, 0.5) is 27.8 Å². The quantitative estimate of drug-likeness (QED) is 0.233. The number of anilines is 1. The molecule has 3 atom stereocenters. The second-order valence-corrected chi connectivity index (χ2v) is 11.0. The molecule has 0 spiro atoms. The first kappa shape index (κ1) is 31.5. The van der Waals surface area contributed by atoms with E-state index in [4.69, 9.17) is 0 Å². The molecule has 1 N–H and O–H groups in total. The number of amides is 1.